The second kappa shape index (κ2) is 7.17. The molecule has 2 aromatic carbocycles. The van der Waals surface area contributed by atoms with Crippen molar-refractivity contribution >= 4 is 23.6 Å². The van der Waals surface area contributed by atoms with Crippen molar-refractivity contribution in [1.29, 1.82) is 0 Å². The lowest BCUT2D eigenvalue weighted by molar-refractivity contribution is -0.119. The average Bonchev–Trinajstić information content (AvgIpc) is 2.52. The first kappa shape index (κ1) is 15.4. The third-order valence-corrected chi connectivity index (χ3v) is 2.90. The van der Waals surface area contributed by atoms with Gasteiger partial charge in [0.1, 0.15) is 5.75 Å². The summed E-state index contributed by atoms with van der Waals surface area (Å²) in [5, 5.41) is 0. The van der Waals surface area contributed by atoms with Gasteiger partial charge in [0.2, 0.25) is 0 Å². The summed E-state index contributed by atoms with van der Waals surface area (Å²) in [5.41, 5.74) is 7.32. The molecule has 22 heavy (non-hydrogen) atoms. The van der Waals surface area contributed by atoms with Crippen LogP contribution < -0.4 is 10.5 Å². The van der Waals surface area contributed by atoms with Gasteiger partial charge in [0, 0.05) is 11.8 Å². The number of nitrogens with two attached hydrogens (primary N) is 1. The number of hydrogen-bond acceptors (Lipinski definition) is 4. The normalized spacial score (nSPS) is 10.6. The monoisotopic (exact) mass is 296 g/mol. The Balaban J connectivity index is 2.00. The summed E-state index contributed by atoms with van der Waals surface area (Å²) in [5.74, 6) is 0.0866. The van der Waals surface area contributed by atoms with Crippen molar-refractivity contribution in [3.05, 3.63) is 59.7 Å². The molecule has 112 valence electrons. The predicted molar refractivity (Wildman–Crippen MR) is 84.8 cm³/mol. The number of hydrogen-bond donors (Lipinski definition) is 1. The largest absolute Gasteiger partial charge is 0.484 e. The minimum atomic E-state index is -0.514. The fourth-order valence-electron chi connectivity index (χ4n) is 1.74. The van der Waals surface area contributed by atoms with Crippen LogP contribution in [0.1, 0.15) is 22.8 Å². The number of aliphatic imine (C=N–C) groups is 1. The van der Waals surface area contributed by atoms with Crippen molar-refractivity contribution in [3.8, 4) is 5.75 Å². The zero-order valence-electron chi connectivity index (χ0n) is 12.2. The highest BCUT2D eigenvalue weighted by atomic mass is 16.5. The number of primary amides is 1. The summed E-state index contributed by atoms with van der Waals surface area (Å²) in [4.78, 5) is 26.1. The van der Waals surface area contributed by atoms with Crippen LogP contribution in [0.3, 0.4) is 0 Å². The van der Waals surface area contributed by atoms with E-state index in [0.717, 1.165) is 11.3 Å². The summed E-state index contributed by atoms with van der Waals surface area (Å²) in [7, 11) is 0. The van der Waals surface area contributed by atoms with Crippen molar-refractivity contribution in [2.45, 2.75) is 6.92 Å². The number of carbonyl (C=O) groups excluding carboxylic acids is 2. The van der Waals surface area contributed by atoms with Crippen LogP contribution in [0.4, 0.5) is 5.69 Å². The maximum absolute atomic E-state index is 11.2. The lowest BCUT2D eigenvalue weighted by atomic mass is 10.1. The van der Waals surface area contributed by atoms with Crippen LogP contribution in [0, 0.1) is 0 Å². The zero-order chi connectivity index (χ0) is 15.9. The van der Waals surface area contributed by atoms with Gasteiger partial charge in [-0.25, -0.2) is 0 Å². The van der Waals surface area contributed by atoms with Gasteiger partial charge in [0.05, 0.1) is 5.69 Å². The molecule has 0 heterocycles. The Bertz CT molecular complexity index is 689. The first-order valence-electron chi connectivity index (χ1n) is 6.71. The highest BCUT2D eigenvalue weighted by molar-refractivity contribution is 5.94. The van der Waals surface area contributed by atoms with Gasteiger partial charge < -0.3 is 10.5 Å². The lowest BCUT2D eigenvalue weighted by Crippen LogP contribution is -2.19. The molecule has 0 bridgehead atoms. The van der Waals surface area contributed by atoms with Crippen LogP contribution in [0.5, 0.6) is 5.75 Å². The van der Waals surface area contributed by atoms with E-state index < -0.39 is 5.91 Å². The molecular weight excluding hydrogens is 280 g/mol. The van der Waals surface area contributed by atoms with E-state index in [9.17, 15) is 9.59 Å². The Morgan fingerprint density at radius 3 is 2.27 bits per heavy atom. The molecule has 2 rings (SSSR count). The maximum Gasteiger partial charge on any atom is 0.255 e. The second-order valence-corrected chi connectivity index (χ2v) is 4.69. The minimum Gasteiger partial charge on any atom is -0.484 e. The molecule has 0 fully saturated rings. The molecule has 0 aliphatic rings. The van der Waals surface area contributed by atoms with Crippen LogP contribution in [0.15, 0.2) is 53.5 Å². The van der Waals surface area contributed by atoms with Gasteiger partial charge in [-0.05, 0) is 61.0 Å². The van der Waals surface area contributed by atoms with E-state index in [1.54, 1.807) is 42.6 Å². The number of nitrogens with zero attached hydrogens (tertiary/aromatic N) is 1. The predicted octanol–water partition coefficient (Wildman–Crippen LogP) is 2.50. The van der Waals surface area contributed by atoms with Crippen LogP contribution >= 0.6 is 0 Å². The van der Waals surface area contributed by atoms with Crippen LogP contribution in [0.2, 0.25) is 0 Å². The van der Waals surface area contributed by atoms with E-state index in [-0.39, 0.29) is 12.4 Å². The molecule has 2 aromatic rings. The van der Waals surface area contributed by atoms with Gasteiger partial charge >= 0.3 is 0 Å². The summed E-state index contributed by atoms with van der Waals surface area (Å²) >= 11 is 0. The molecule has 0 saturated heterocycles. The number of amides is 1. The van der Waals surface area contributed by atoms with Crippen molar-refractivity contribution in [2.24, 2.45) is 10.7 Å². The van der Waals surface area contributed by atoms with Crippen LogP contribution in [-0.4, -0.2) is 24.5 Å². The second-order valence-electron chi connectivity index (χ2n) is 4.69. The molecule has 5 nitrogen and oxygen atoms in total. The molecule has 0 radical (unpaired) electrons. The molecule has 5 heteroatoms. The third-order valence-electron chi connectivity index (χ3n) is 2.90. The SMILES string of the molecule is CC(=O)c1ccc(N=Cc2ccc(OCC(N)=O)cc2)cc1. The summed E-state index contributed by atoms with van der Waals surface area (Å²) in [6.45, 7) is 1.38. The summed E-state index contributed by atoms with van der Waals surface area (Å²) in [6.07, 6.45) is 1.71. The van der Waals surface area contributed by atoms with E-state index >= 15 is 0 Å². The number of ether oxygens (including phenoxy) is 1. The van der Waals surface area contributed by atoms with Crippen molar-refractivity contribution in [3.63, 3.8) is 0 Å². The Kier molecular flexibility index (Phi) is 5.03. The zero-order valence-corrected chi connectivity index (χ0v) is 12.2. The van der Waals surface area contributed by atoms with Crippen molar-refractivity contribution in [1.82, 2.24) is 0 Å². The van der Waals surface area contributed by atoms with E-state index in [4.69, 9.17) is 10.5 Å². The van der Waals surface area contributed by atoms with Gasteiger partial charge in [0.25, 0.3) is 5.91 Å². The molecular formula is C17H16N2O3. The number of ketones is 1. The molecule has 1 amide bonds. The van der Waals surface area contributed by atoms with E-state index in [2.05, 4.69) is 4.99 Å². The molecule has 0 aliphatic carbocycles. The quantitative estimate of drug-likeness (QED) is 0.657. The standard InChI is InChI=1S/C17H16N2O3/c1-12(20)14-4-6-15(7-5-14)19-10-13-2-8-16(9-3-13)22-11-17(18)21/h2-10H,11H2,1H3,(H2,18,21). The topological polar surface area (TPSA) is 81.8 Å². The summed E-state index contributed by atoms with van der Waals surface area (Å²) < 4.78 is 5.17. The minimum absolute atomic E-state index is 0.0297. The number of rotatable bonds is 6. The first-order valence-corrected chi connectivity index (χ1v) is 6.71. The van der Waals surface area contributed by atoms with Gasteiger partial charge in [0.15, 0.2) is 12.4 Å². The number of carbonyl (C=O) groups is 2. The average molecular weight is 296 g/mol. The highest BCUT2D eigenvalue weighted by Gasteiger charge is 1.99. The van der Waals surface area contributed by atoms with Gasteiger partial charge in [-0.2, -0.15) is 0 Å². The number of benzene rings is 2. The van der Waals surface area contributed by atoms with Gasteiger partial charge in [-0.1, -0.05) is 0 Å². The maximum atomic E-state index is 11.2. The van der Waals surface area contributed by atoms with Crippen molar-refractivity contribution < 1.29 is 14.3 Å². The Morgan fingerprint density at radius 1 is 1.09 bits per heavy atom. The Morgan fingerprint density at radius 2 is 1.73 bits per heavy atom. The Hall–Kier alpha value is -2.95. The van der Waals surface area contributed by atoms with E-state index in [1.807, 2.05) is 12.1 Å². The molecule has 2 N–H and O–H groups in total. The van der Waals surface area contributed by atoms with Crippen LogP contribution in [-0.2, 0) is 4.79 Å². The molecule has 0 aliphatic heterocycles. The lowest BCUT2D eigenvalue weighted by Gasteiger charge is -2.03. The molecule has 0 unspecified atom stereocenters. The van der Waals surface area contributed by atoms with Gasteiger partial charge in [-0.15, -0.1) is 0 Å². The molecule has 0 aromatic heterocycles. The molecule has 0 spiro atoms. The van der Waals surface area contributed by atoms with E-state index in [0.29, 0.717) is 11.3 Å². The van der Waals surface area contributed by atoms with Crippen LogP contribution in [0.25, 0.3) is 0 Å². The van der Waals surface area contributed by atoms with E-state index in [1.165, 1.54) is 6.92 Å². The Labute approximate surface area is 128 Å². The van der Waals surface area contributed by atoms with Crippen molar-refractivity contribution in [2.75, 3.05) is 6.61 Å². The smallest absolute Gasteiger partial charge is 0.255 e. The third kappa shape index (κ3) is 4.56. The fraction of sp³-hybridized carbons (Fsp3) is 0.118. The molecule has 0 saturated carbocycles. The summed E-state index contributed by atoms with van der Waals surface area (Å²) in [6, 6.07) is 14.2. The number of Topliss-reactive ketones (excluding diaryl/α,β-unsaturated/α-hetero) is 1. The van der Waals surface area contributed by atoms with Gasteiger partial charge in [-0.3, -0.25) is 14.6 Å². The fourth-order valence-corrected chi connectivity index (χ4v) is 1.74. The highest BCUT2D eigenvalue weighted by Crippen LogP contribution is 2.15. The first-order chi connectivity index (χ1) is 10.5. The molecule has 0 atom stereocenters.